The summed E-state index contributed by atoms with van der Waals surface area (Å²) in [6.07, 6.45) is 1.15. The number of nitrogens with one attached hydrogen (secondary N) is 2. The lowest BCUT2D eigenvalue weighted by atomic mass is 10.1. The molecule has 1 aromatic carbocycles. The summed E-state index contributed by atoms with van der Waals surface area (Å²) in [5, 5.41) is 5.97. The van der Waals surface area contributed by atoms with Crippen molar-refractivity contribution < 1.29 is 4.79 Å². The summed E-state index contributed by atoms with van der Waals surface area (Å²) >= 11 is 1.84. The van der Waals surface area contributed by atoms with Gasteiger partial charge >= 0.3 is 0 Å². The van der Waals surface area contributed by atoms with E-state index in [-0.39, 0.29) is 5.91 Å². The lowest BCUT2D eigenvalue weighted by molar-refractivity contribution is 0.0955. The van der Waals surface area contributed by atoms with Crippen LogP contribution < -0.4 is 16.4 Å². The highest BCUT2D eigenvalue weighted by Crippen LogP contribution is 2.21. The van der Waals surface area contributed by atoms with Crippen LogP contribution in [0.1, 0.15) is 29.3 Å². The summed E-state index contributed by atoms with van der Waals surface area (Å²) in [4.78, 5) is 13.0. The Morgan fingerprint density at radius 3 is 2.60 bits per heavy atom. The topological polar surface area (TPSA) is 67.2 Å². The molecule has 0 radical (unpaired) electrons. The zero-order valence-electron chi connectivity index (χ0n) is 13.0. The standard InChI is InChI=1S/C14H22N2OS.CH5N/c1-4-16-14(17)13-7-6-12(10-11(13)2)18-9-5-8-15-3;1-2/h6-7,10,15H,4-5,8-9H2,1-3H3,(H,16,17);2H2,1H3. The second-order valence-electron chi connectivity index (χ2n) is 4.14. The van der Waals surface area contributed by atoms with Gasteiger partial charge in [-0.15, -0.1) is 11.8 Å². The molecule has 0 unspecified atom stereocenters. The second kappa shape index (κ2) is 11.8. The zero-order chi connectivity index (χ0) is 15.4. The third-order valence-corrected chi connectivity index (χ3v) is 3.70. The summed E-state index contributed by atoms with van der Waals surface area (Å²) in [5.41, 5.74) is 6.32. The first-order valence-corrected chi connectivity index (χ1v) is 7.91. The molecule has 4 nitrogen and oxygen atoms in total. The monoisotopic (exact) mass is 297 g/mol. The smallest absolute Gasteiger partial charge is 0.251 e. The lowest BCUT2D eigenvalue weighted by Crippen LogP contribution is -2.23. The van der Waals surface area contributed by atoms with Gasteiger partial charge in [0, 0.05) is 17.0 Å². The van der Waals surface area contributed by atoms with Crippen molar-refractivity contribution in [3.63, 3.8) is 0 Å². The number of nitrogens with two attached hydrogens (primary N) is 1. The Kier molecular flexibility index (Phi) is 11.1. The Hall–Kier alpha value is -1.04. The highest BCUT2D eigenvalue weighted by atomic mass is 32.2. The van der Waals surface area contributed by atoms with Gasteiger partial charge in [0.1, 0.15) is 0 Å². The second-order valence-corrected chi connectivity index (χ2v) is 5.31. The molecular formula is C15H27N3OS. The van der Waals surface area contributed by atoms with E-state index in [4.69, 9.17) is 0 Å². The van der Waals surface area contributed by atoms with E-state index in [0.717, 1.165) is 29.8 Å². The largest absolute Gasteiger partial charge is 0.352 e. The fraction of sp³-hybridized carbons (Fsp3) is 0.533. The van der Waals surface area contributed by atoms with Gasteiger partial charge in [-0.2, -0.15) is 0 Å². The number of benzene rings is 1. The molecule has 0 aliphatic carbocycles. The molecule has 0 saturated carbocycles. The SMILES string of the molecule is CCNC(=O)c1ccc(SCCCNC)cc1C.CN. The first kappa shape index (κ1) is 19.0. The molecule has 0 aliphatic heterocycles. The Balaban J connectivity index is 0.00000172. The molecule has 0 heterocycles. The summed E-state index contributed by atoms with van der Waals surface area (Å²) < 4.78 is 0. The van der Waals surface area contributed by atoms with Gasteiger partial charge in [0.05, 0.1) is 0 Å². The van der Waals surface area contributed by atoms with E-state index >= 15 is 0 Å². The van der Waals surface area contributed by atoms with Crippen molar-refractivity contribution >= 4 is 17.7 Å². The number of amides is 1. The van der Waals surface area contributed by atoms with Gasteiger partial charge in [0.25, 0.3) is 5.91 Å². The number of aryl methyl sites for hydroxylation is 1. The van der Waals surface area contributed by atoms with E-state index < -0.39 is 0 Å². The number of carbonyl (C=O) groups excluding carboxylic acids is 1. The molecule has 0 saturated heterocycles. The molecular weight excluding hydrogens is 270 g/mol. The lowest BCUT2D eigenvalue weighted by Gasteiger charge is -2.08. The van der Waals surface area contributed by atoms with Crippen molar-refractivity contribution in [2.75, 3.05) is 32.9 Å². The molecule has 0 atom stereocenters. The molecule has 0 fully saturated rings. The van der Waals surface area contributed by atoms with Gasteiger partial charge in [0.2, 0.25) is 0 Å². The molecule has 5 heteroatoms. The van der Waals surface area contributed by atoms with Crippen molar-refractivity contribution in [2.24, 2.45) is 5.73 Å². The Morgan fingerprint density at radius 1 is 1.35 bits per heavy atom. The molecule has 1 aromatic rings. The summed E-state index contributed by atoms with van der Waals surface area (Å²) in [7, 11) is 3.47. The first-order chi connectivity index (χ1) is 9.69. The van der Waals surface area contributed by atoms with E-state index in [0.29, 0.717) is 6.54 Å². The van der Waals surface area contributed by atoms with E-state index in [1.54, 1.807) is 0 Å². The van der Waals surface area contributed by atoms with Crippen LogP contribution in [0.5, 0.6) is 0 Å². The number of hydrogen-bond donors (Lipinski definition) is 3. The van der Waals surface area contributed by atoms with Gasteiger partial charge in [-0.25, -0.2) is 0 Å². The molecule has 0 aliphatic rings. The van der Waals surface area contributed by atoms with E-state index in [1.165, 1.54) is 11.9 Å². The van der Waals surface area contributed by atoms with Gasteiger partial charge in [-0.1, -0.05) is 0 Å². The number of carbonyl (C=O) groups is 1. The minimum absolute atomic E-state index is 0.0155. The van der Waals surface area contributed by atoms with Crippen molar-refractivity contribution in [1.82, 2.24) is 10.6 Å². The van der Waals surface area contributed by atoms with Crippen LogP contribution in [0.15, 0.2) is 23.1 Å². The number of hydrogen-bond acceptors (Lipinski definition) is 4. The Labute approximate surface area is 126 Å². The van der Waals surface area contributed by atoms with Crippen LogP contribution in [0.2, 0.25) is 0 Å². The highest BCUT2D eigenvalue weighted by Gasteiger charge is 2.08. The molecule has 0 bridgehead atoms. The van der Waals surface area contributed by atoms with Crippen LogP contribution >= 0.6 is 11.8 Å². The maximum Gasteiger partial charge on any atom is 0.251 e. The normalized spacial score (nSPS) is 9.65. The summed E-state index contributed by atoms with van der Waals surface area (Å²) in [6, 6.07) is 6.04. The van der Waals surface area contributed by atoms with Crippen LogP contribution in [-0.4, -0.2) is 38.8 Å². The molecule has 1 rings (SSSR count). The molecule has 114 valence electrons. The Morgan fingerprint density at radius 2 is 2.05 bits per heavy atom. The molecule has 4 N–H and O–H groups in total. The van der Waals surface area contributed by atoms with Crippen molar-refractivity contribution in [3.8, 4) is 0 Å². The maximum atomic E-state index is 11.7. The van der Waals surface area contributed by atoms with Gasteiger partial charge in [-0.3, -0.25) is 4.79 Å². The fourth-order valence-corrected chi connectivity index (χ4v) is 2.62. The van der Waals surface area contributed by atoms with Crippen LogP contribution in [-0.2, 0) is 0 Å². The first-order valence-electron chi connectivity index (χ1n) is 6.93. The summed E-state index contributed by atoms with van der Waals surface area (Å²) in [5.74, 6) is 1.11. The van der Waals surface area contributed by atoms with Gasteiger partial charge in [-0.05, 0) is 70.4 Å². The van der Waals surface area contributed by atoms with E-state index in [1.807, 2.05) is 44.8 Å². The quantitative estimate of drug-likeness (QED) is 0.532. The van der Waals surface area contributed by atoms with Crippen LogP contribution in [0, 0.1) is 6.92 Å². The number of rotatable bonds is 7. The number of thioether (sulfide) groups is 1. The minimum Gasteiger partial charge on any atom is -0.352 e. The average molecular weight is 297 g/mol. The third-order valence-electron chi connectivity index (χ3n) is 2.62. The summed E-state index contributed by atoms with van der Waals surface area (Å²) in [6.45, 7) is 5.63. The zero-order valence-corrected chi connectivity index (χ0v) is 13.8. The molecule has 20 heavy (non-hydrogen) atoms. The fourth-order valence-electron chi connectivity index (χ4n) is 1.68. The van der Waals surface area contributed by atoms with Crippen LogP contribution in [0.3, 0.4) is 0 Å². The minimum atomic E-state index is 0.0155. The van der Waals surface area contributed by atoms with Gasteiger partial charge in [0.15, 0.2) is 0 Å². The van der Waals surface area contributed by atoms with Crippen LogP contribution in [0.4, 0.5) is 0 Å². The van der Waals surface area contributed by atoms with Gasteiger partial charge < -0.3 is 16.4 Å². The Bertz CT molecular complexity index is 397. The molecule has 0 spiro atoms. The average Bonchev–Trinajstić information content (AvgIpc) is 2.46. The maximum absolute atomic E-state index is 11.7. The predicted molar refractivity (Wildman–Crippen MR) is 88.6 cm³/mol. The predicted octanol–water partition coefficient (Wildman–Crippen LogP) is 2.02. The van der Waals surface area contributed by atoms with Crippen molar-refractivity contribution in [3.05, 3.63) is 29.3 Å². The van der Waals surface area contributed by atoms with Crippen molar-refractivity contribution in [1.29, 1.82) is 0 Å². The van der Waals surface area contributed by atoms with E-state index in [2.05, 4.69) is 22.4 Å². The van der Waals surface area contributed by atoms with Crippen molar-refractivity contribution in [2.45, 2.75) is 25.2 Å². The van der Waals surface area contributed by atoms with Crippen LogP contribution in [0.25, 0.3) is 0 Å². The highest BCUT2D eigenvalue weighted by molar-refractivity contribution is 7.99. The van der Waals surface area contributed by atoms with E-state index in [9.17, 15) is 4.79 Å². The molecule has 0 aromatic heterocycles. The third kappa shape index (κ3) is 6.93. The molecule has 1 amide bonds.